The number of hydrogen-bond donors (Lipinski definition) is 1. The maximum Gasteiger partial charge on any atom is 0.240 e. The van der Waals surface area contributed by atoms with E-state index in [0.717, 1.165) is 10.6 Å². The molecule has 1 N–H and O–H groups in total. The van der Waals surface area contributed by atoms with Crippen LogP contribution in [0.1, 0.15) is 31.1 Å². The number of hydrogen-bond acceptors (Lipinski definition) is 4. The number of sulfonamides is 1. The van der Waals surface area contributed by atoms with Crippen molar-refractivity contribution in [2.45, 2.75) is 20.8 Å². The molecule has 0 spiro atoms. The number of benzene rings is 1. The zero-order chi connectivity index (χ0) is 16.9. The third kappa shape index (κ3) is 5.48. The molecular weight excluding hydrogens is 304 g/mol. The highest BCUT2D eigenvalue weighted by molar-refractivity contribution is 7.92. The van der Waals surface area contributed by atoms with E-state index in [-0.39, 0.29) is 24.2 Å². The predicted molar refractivity (Wildman–Crippen MR) is 86.5 cm³/mol. The second kappa shape index (κ2) is 7.40. The van der Waals surface area contributed by atoms with Crippen molar-refractivity contribution in [1.29, 1.82) is 0 Å². The number of nitrogens with one attached hydrogen (secondary N) is 1. The molecule has 0 atom stereocenters. The van der Waals surface area contributed by atoms with E-state index in [1.54, 1.807) is 18.2 Å². The fraction of sp³-hybridized carbons (Fsp3) is 0.467. The van der Waals surface area contributed by atoms with Crippen molar-refractivity contribution in [3.05, 3.63) is 29.8 Å². The molecule has 0 aliphatic rings. The van der Waals surface area contributed by atoms with Gasteiger partial charge in [-0.15, -0.1) is 0 Å². The van der Waals surface area contributed by atoms with E-state index in [1.807, 2.05) is 13.8 Å². The fourth-order valence-electron chi connectivity index (χ4n) is 1.78. The smallest absolute Gasteiger partial charge is 0.240 e. The Balaban J connectivity index is 3.02. The number of carbonyl (C=O) groups is 2. The zero-order valence-electron chi connectivity index (χ0n) is 13.3. The average Bonchev–Trinajstić information content (AvgIpc) is 2.41. The number of anilines is 1. The number of ketones is 1. The van der Waals surface area contributed by atoms with Crippen molar-refractivity contribution in [2.24, 2.45) is 5.92 Å². The standard InChI is InChI=1S/C15H22N2O4S/c1-11(2)9-16-15(19)10-17(22(4,20)21)14-7-5-6-13(8-14)12(3)18/h5-8,11H,9-10H2,1-4H3,(H,16,19). The van der Waals surface area contributed by atoms with Crippen molar-refractivity contribution >= 4 is 27.4 Å². The van der Waals surface area contributed by atoms with Gasteiger partial charge in [0.25, 0.3) is 0 Å². The van der Waals surface area contributed by atoms with Gasteiger partial charge in [-0.1, -0.05) is 26.0 Å². The van der Waals surface area contributed by atoms with Crippen molar-refractivity contribution in [3.63, 3.8) is 0 Å². The molecule has 0 unspecified atom stereocenters. The number of carbonyl (C=O) groups excluding carboxylic acids is 2. The Morgan fingerprint density at radius 2 is 1.91 bits per heavy atom. The first-order valence-corrected chi connectivity index (χ1v) is 8.81. The summed E-state index contributed by atoms with van der Waals surface area (Å²) in [4.78, 5) is 23.3. The van der Waals surface area contributed by atoms with E-state index < -0.39 is 10.0 Å². The van der Waals surface area contributed by atoms with Gasteiger partial charge in [0.05, 0.1) is 11.9 Å². The summed E-state index contributed by atoms with van der Waals surface area (Å²) >= 11 is 0. The summed E-state index contributed by atoms with van der Waals surface area (Å²) in [6, 6.07) is 6.23. The monoisotopic (exact) mass is 326 g/mol. The lowest BCUT2D eigenvalue weighted by atomic mass is 10.1. The highest BCUT2D eigenvalue weighted by Gasteiger charge is 2.21. The lowest BCUT2D eigenvalue weighted by Crippen LogP contribution is -2.41. The second-order valence-electron chi connectivity index (χ2n) is 5.57. The molecule has 0 aliphatic heterocycles. The number of Topliss-reactive ketones (excluding diaryl/α,β-unsaturated/α-hetero) is 1. The minimum absolute atomic E-state index is 0.167. The molecule has 0 heterocycles. The Morgan fingerprint density at radius 1 is 1.27 bits per heavy atom. The van der Waals surface area contributed by atoms with Crippen LogP contribution < -0.4 is 9.62 Å². The van der Waals surface area contributed by atoms with Gasteiger partial charge >= 0.3 is 0 Å². The van der Waals surface area contributed by atoms with E-state index >= 15 is 0 Å². The summed E-state index contributed by atoms with van der Waals surface area (Å²) in [5.74, 6) is -0.274. The molecule has 0 radical (unpaired) electrons. The van der Waals surface area contributed by atoms with Crippen LogP contribution >= 0.6 is 0 Å². The highest BCUT2D eigenvalue weighted by Crippen LogP contribution is 2.19. The highest BCUT2D eigenvalue weighted by atomic mass is 32.2. The van der Waals surface area contributed by atoms with Gasteiger partial charge < -0.3 is 5.32 Å². The lowest BCUT2D eigenvalue weighted by Gasteiger charge is -2.22. The quantitative estimate of drug-likeness (QED) is 0.768. The molecule has 1 aromatic carbocycles. The minimum Gasteiger partial charge on any atom is -0.354 e. The first-order chi connectivity index (χ1) is 10.1. The molecule has 0 saturated carbocycles. The lowest BCUT2D eigenvalue weighted by molar-refractivity contribution is -0.119. The van der Waals surface area contributed by atoms with Gasteiger partial charge in [0.15, 0.2) is 5.78 Å². The van der Waals surface area contributed by atoms with Crippen molar-refractivity contribution < 1.29 is 18.0 Å². The SMILES string of the molecule is CC(=O)c1cccc(N(CC(=O)NCC(C)C)S(C)(=O)=O)c1. The van der Waals surface area contributed by atoms with Crippen LogP contribution in [-0.2, 0) is 14.8 Å². The van der Waals surface area contributed by atoms with Crippen LogP contribution in [0.3, 0.4) is 0 Å². The van der Waals surface area contributed by atoms with Gasteiger partial charge in [-0.25, -0.2) is 8.42 Å². The first kappa shape index (κ1) is 18.2. The third-order valence-electron chi connectivity index (χ3n) is 2.94. The molecule has 1 rings (SSSR count). The summed E-state index contributed by atoms with van der Waals surface area (Å²) in [5, 5.41) is 2.68. The van der Waals surface area contributed by atoms with Crippen LogP contribution in [0.5, 0.6) is 0 Å². The predicted octanol–water partition coefficient (Wildman–Crippen LogP) is 1.43. The van der Waals surface area contributed by atoms with E-state index in [2.05, 4.69) is 5.32 Å². The first-order valence-electron chi connectivity index (χ1n) is 6.96. The molecule has 1 amide bonds. The van der Waals surface area contributed by atoms with Gasteiger partial charge in [0.2, 0.25) is 15.9 Å². The van der Waals surface area contributed by atoms with Gasteiger partial charge in [-0.05, 0) is 25.0 Å². The summed E-state index contributed by atoms with van der Waals surface area (Å²) in [5.41, 5.74) is 0.698. The Morgan fingerprint density at radius 3 is 2.41 bits per heavy atom. The fourth-order valence-corrected chi connectivity index (χ4v) is 2.63. The van der Waals surface area contributed by atoms with Crippen molar-refractivity contribution in [3.8, 4) is 0 Å². The molecule has 0 aliphatic carbocycles. The Hall–Kier alpha value is -1.89. The molecule has 7 heteroatoms. The summed E-state index contributed by atoms with van der Waals surface area (Å²) < 4.78 is 24.9. The Bertz CT molecular complexity index is 653. The van der Waals surface area contributed by atoms with Crippen LogP contribution in [-0.4, -0.2) is 39.5 Å². The van der Waals surface area contributed by atoms with Gasteiger partial charge in [-0.3, -0.25) is 13.9 Å². The largest absolute Gasteiger partial charge is 0.354 e. The molecule has 122 valence electrons. The van der Waals surface area contributed by atoms with Gasteiger partial charge in [0, 0.05) is 12.1 Å². The molecule has 22 heavy (non-hydrogen) atoms. The Labute approximate surface area is 131 Å². The maximum absolute atomic E-state index is 11.9. The molecule has 0 bridgehead atoms. The molecular formula is C15H22N2O4S. The molecule has 0 aromatic heterocycles. The average molecular weight is 326 g/mol. The number of nitrogens with zero attached hydrogens (tertiary/aromatic N) is 1. The second-order valence-corrected chi connectivity index (χ2v) is 7.48. The topological polar surface area (TPSA) is 83.6 Å². The third-order valence-corrected chi connectivity index (χ3v) is 4.08. The van der Waals surface area contributed by atoms with E-state index in [4.69, 9.17) is 0 Å². The van der Waals surface area contributed by atoms with Crippen LogP contribution in [0.15, 0.2) is 24.3 Å². The maximum atomic E-state index is 11.9. The van der Waals surface area contributed by atoms with Crippen molar-refractivity contribution in [2.75, 3.05) is 23.7 Å². The van der Waals surface area contributed by atoms with Gasteiger partial charge in [-0.2, -0.15) is 0 Å². The van der Waals surface area contributed by atoms with Crippen LogP contribution in [0.2, 0.25) is 0 Å². The normalized spacial score (nSPS) is 11.3. The molecule has 0 saturated heterocycles. The summed E-state index contributed by atoms with van der Waals surface area (Å²) in [6.07, 6.45) is 1.03. The van der Waals surface area contributed by atoms with Gasteiger partial charge in [0.1, 0.15) is 6.54 Å². The van der Waals surface area contributed by atoms with Crippen molar-refractivity contribution in [1.82, 2.24) is 5.32 Å². The van der Waals surface area contributed by atoms with Crippen LogP contribution in [0.25, 0.3) is 0 Å². The summed E-state index contributed by atoms with van der Waals surface area (Å²) in [6.45, 7) is 5.46. The van der Waals surface area contributed by atoms with Crippen LogP contribution in [0, 0.1) is 5.92 Å². The molecule has 1 aromatic rings. The minimum atomic E-state index is -3.63. The van der Waals surface area contributed by atoms with E-state index in [1.165, 1.54) is 13.0 Å². The van der Waals surface area contributed by atoms with E-state index in [0.29, 0.717) is 17.8 Å². The van der Waals surface area contributed by atoms with E-state index in [9.17, 15) is 18.0 Å². The zero-order valence-corrected chi connectivity index (χ0v) is 14.1. The number of amides is 1. The number of rotatable bonds is 7. The molecule has 6 nitrogen and oxygen atoms in total. The summed E-state index contributed by atoms with van der Waals surface area (Å²) in [7, 11) is -3.63. The Kier molecular flexibility index (Phi) is 6.11. The molecule has 0 fully saturated rings. The van der Waals surface area contributed by atoms with Crippen LogP contribution in [0.4, 0.5) is 5.69 Å².